The van der Waals surface area contributed by atoms with Crippen LogP contribution in [0.25, 0.3) is 0 Å². The molecule has 2 aliphatic rings. The monoisotopic (exact) mass is 255 g/mol. The molecule has 1 fully saturated rings. The fourth-order valence-electron chi connectivity index (χ4n) is 2.97. The Morgan fingerprint density at radius 2 is 1.53 bits per heavy atom. The Bertz CT molecular complexity index is 495. The first-order chi connectivity index (χ1) is 9.27. The van der Waals surface area contributed by atoms with Crippen LogP contribution in [0.5, 0.6) is 0 Å². The molecule has 1 aliphatic heterocycles. The molecule has 2 atom stereocenters. The van der Waals surface area contributed by atoms with Crippen LogP contribution in [-0.4, -0.2) is 23.3 Å². The van der Waals surface area contributed by atoms with Gasteiger partial charge in [0, 0.05) is 6.54 Å². The van der Waals surface area contributed by atoms with Crippen LogP contribution in [0.4, 0.5) is 0 Å². The maximum absolute atomic E-state index is 12.2. The van der Waals surface area contributed by atoms with E-state index >= 15 is 0 Å². The number of benzene rings is 1. The van der Waals surface area contributed by atoms with E-state index in [9.17, 15) is 9.59 Å². The Balaban J connectivity index is 1.69. The number of likely N-dealkylation sites (tertiary alicyclic amines) is 1. The van der Waals surface area contributed by atoms with Crippen LogP contribution < -0.4 is 0 Å². The molecule has 3 nitrogen and oxygen atoms in total. The van der Waals surface area contributed by atoms with Gasteiger partial charge in [-0.2, -0.15) is 0 Å². The quantitative estimate of drug-likeness (QED) is 0.613. The normalized spacial score (nSPS) is 25.8. The average molecular weight is 255 g/mol. The van der Waals surface area contributed by atoms with Gasteiger partial charge >= 0.3 is 0 Å². The zero-order valence-electron chi connectivity index (χ0n) is 10.8. The molecule has 0 radical (unpaired) electrons. The minimum Gasteiger partial charge on any atom is -0.282 e. The van der Waals surface area contributed by atoms with Gasteiger partial charge in [0.05, 0.1) is 11.8 Å². The molecule has 0 unspecified atom stereocenters. The van der Waals surface area contributed by atoms with Gasteiger partial charge in [0.2, 0.25) is 11.8 Å². The molecule has 1 heterocycles. The molecule has 1 aromatic rings. The van der Waals surface area contributed by atoms with E-state index in [1.54, 1.807) is 0 Å². The van der Waals surface area contributed by atoms with Gasteiger partial charge in [0.25, 0.3) is 0 Å². The lowest BCUT2D eigenvalue weighted by Crippen LogP contribution is -2.33. The lowest BCUT2D eigenvalue weighted by Gasteiger charge is -2.14. The van der Waals surface area contributed by atoms with Crippen LogP contribution in [-0.2, 0) is 16.0 Å². The Morgan fingerprint density at radius 3 is 2.11 bits per heavy atom. The number of amides is 2. The molecule has 0 aromatic heterocycles. The number of hydrogen-bond acceptors (Lipinski definition) is 2. The highest BCUT2D eigenvalue weighted by molar-refractivity contribution is 6.05. The molecule has 0 spiro atoms. The molecular weight excluding hydrogens is 238 g/mol. The van der Waals surface area contributed by atoms with Crippen molar-refractivity contribution in [2.75, 3.05) is 6.54 Å². The molecule has 3 rings (SSSR count). The van der Waals surface area contributed by atoms with Crippen molar-refractivity contribution in [2.45, 2.75) is 19.3 Å². The van der Waals surface area contributed by atoms with Crippen molar-refractivity contribution in [3.8, 4) is 0 Å². The Hall–Kier alpha value is -1.90. The largest absolute Gasteiger partial charge is 0.282 e. The lowest BCUT2D eigenvalue weighted by atomic mass is 9.85. The number of rotatable bonds is 3. The van der Waals surface area contributed by atoms with Gasteiger partial charge in [0.1, 0.15) is 0 Å². The maximum atomic E-state index is 12.2. The summed E-state index contributed by atoms with van der Waals surface area (Å²) in [5.41, 5.74) is 1.16. The van der Waals surface area contributed by atoms with E-state index in [4.69, 9.17) is 0 Å². The van der Waals surface area contributed by atoms with Gasteiger partial charge in [0.15, 0.2) is 0 Å². The number of imide groups is 1. The number of allylic oxidation sites excluding steroid dienone is 2. The Morgan fingerprint density at radius 1 is 0.947 bits per heavy atom. The van der Waals surface area contributed by atoms with Crippen LogP contribution >= 0.6 is 0 Å². The van der Waals surface area contributed by atoms with Gasteiger partial charge in [-0.1, -0.05) is 42.5 Å². The fourth-order valence-corrected chi connectivity index (χ4v) is 2.97. The minimum absolute atomic E-state index is 0.0234. The number of hydrogen-bond donors (Lipinski definition) is 0. The molecule has 98 valence electrons. The number of carbonyl (C=O) groups excluding carboxylic acids is 2. The van der Waals surface area contributed by atoms with Gasteiger partial charge in [-0.05, 0) is 24.8 Å². The van der Waals surface area contributed by atoms with E-state index < -0.39 is 0 Å². The summed E-state index contributed by atoms with van der Waals surface area (Å²) in [4.78, 5) is 26.0. The zero-order chi connectivity index (χ0) is 13.2. The van der Waals surface area contributed by atoms with E-state index in [1.165, 1.54) is 4.90 Å². The third-order valence-corrected chi connectivity index (χ3v) is 4.07. The van der Waals surface area contributed by atoms with E-state index in [0.29, 0.717) is 6.54 Å². The summed E-state index contributed by atoms with van der Waals surface area (Å²) in [5.74, 6) is -0.160. The van der Waals surface area contributed by atoms with Crippen molar-refractivity contribution in [1.29, 1.82) is 0 Å². The van der Waals surface area contributed by atoms with E-state index in [1.807, 2.05) is 42.5 Å². The molecule has 1 aliphatic carbocycles. The van der Waals surface area contributed by atoms with Crippen molar-refractivity contribution in [1.82, 2.24) is 4.90 Å². The van der Waals surface area contributed by atoms with Crippen LogP contribution in [0, 0.1) is 11.8 Å². The first kappa shape index (κ1) is 12.2. The van der Waals surface area contributed by atoms with Gasteiger partial charge < -0.3 is 0 Å². The highest BCUT2D eigenvalue weighted by Crippen LogP contribution is 2.34. The SMILES string of the molecule is O=C1[C@H]2CC=CC[C@H]2C(=O)N1CCc1ccccc1. The van der Waals surface area contributed by atoms with Crippen molar-refractivity contribution in [3.05, 3.63) is 48.0 Å². The average Bonchev–Trinajstić information content (AvgIpc) is 2.71. The zero-order valence-corrected chi connectivity index (χ0v) is 10.8. The standard InChI is InChI=1S/C16H17NO2/c18-15-13-8-4-5-9-14(13)16(19)17(15)11-10-12-6-2-1-3-7-12/h1-7,13-14H,8-11H2/t13-,14+. The number of nitrogens with zero attached hydrogens (tertiary/aromatic N) is 1. The van der Waals surface area contributed by atoms with E-state index in [-0.39, 0.29) is 23.7 Å². The van der Waals surface area contributed by atoms with Crippen molar-refractivity contribution in [3.63, 3.8) is 0 Å². The van der Waals surface area contributed by atoms with E-state index in [0.717, 1.165) is 24.8 Å². The van der Waals surface area contributed by atoms with Gasteiger partial charge in [-0.3, -0.25) is 14.5 Å². The van der Waals surface area contributed by atoms with Crippen LogP contribution in [0.2, 0.25) is 0 Å². The highest BCUT2D eigenvalue weighted by Gasteiger charge is 2.46. The minimum atomic E-state index is -0.103. The number of carbonyl (C=O) groups is 2. The Labute approximate surface area is 112 Å². The second-order valence-electron chi connectivity index (χ2n) is 5.22. The predicted octanol–water partition coefficient (Wildman–Crippen LogP) is 2.18. The summed E-state index contributed by atoms with van der Waals surface area (Å²) in [7, 11) is 0. The summed E-state index contributed by atoms with van der Waals surface area (Å²) in [6.45, 7) is 0.509. The topological polar surface area (TPSA) is 37.4 Å². The second kappa shape index (κ2) is 5.00. The van der Waals surface area contributed by atoms with E-state index in [2.05, 4.69) is 0 Å². The fraction of sp³-hybridized carbons (Fsp3) is 0.375. The van der Waals surface area contributed by atoms with Crippen molar-refractivity contribution < 1.29 is 9.59 Å². The van der Waals surface area contributed by atoms with Gasteiger partial charge in [-0.25, -0.2) is 0 Å². The van der Waals surface area contributed by atoms with Crippen LogP contribution in [0.1, 0.15) is 18.4 Å². The third-order valence-electron chi connectivity index (χ3n) is 4.07. The summed E-state index contributed by atoms with van der Waals surface area (Å²) in [5, 5.41) is 0. The number of fused-ring (bicyclic) bond motifs is 1. The maximum Gasteiger partial charge on any atom is 0.233 e. The smallest absolute Gasteiger partial charge is 0.233 e. The molecule has 0 N–H and O–H groups in total. The van der Waals surface area contributed by atoms with Crippen molar-refractivity contribution >= 4 is 11.8 Å². The summed E-state index contributed by atoms with van der Waals surface area (Å²) >= 11 is 0. The van der Waals surface area contributed by atoms with Crippen LogP contribution in [0.15, 0.2) is 42.5 Å². The van der Waals surface area contributed by atoms with Crippen molar-refractivity contribution in [2.24, 2.45) is 11.8 Å². The Kier molecular flexibility index (Phi) is 3.20. The summed E-state index contributed by atoms with van der Waals surface area (Å²) < 4.78 is 0. The second-order valence-corrected chi connectivity index (χ2v) is 5.22. The predicted molar refractivity (Wildman–Crippen MR) is 72.2 cm³/mol. The van der Waals surface area contributed by atoms with Gasteiger partial charge in [-0.15, -0.1) is 0 Å². The first-order valence-electron chi connectivity index (χ1n) is 6.81. The first-order valence-corrected chi connectivity index (χ1v) is 6.81. The third kappa shape index (κ3) is 2.21. The molecule has 19 heavy (non-hydrogen) atoms. The molecule has 1 saturated heterocycles. The summed E-state index contributed by atoms with van der Waals surface area (Å²) in [6.07, 6.45) is 6.22. The molecule has 1 aromatic carbocycles. The molecule has 2 amide bonds. The highest BCUT2D eigenvalue weighted by atomic mass is 16.2. The van der Waals surface area contributed by atoms with Crippen LogP contribution in [0.3, 0.4) is 0 Å². The lowest BCUT2D eigenvalue weighted by molar-refractivity contribution is -0.139. The molecular formula is C16H17NO2. The molecule has 0 saturated carbocycles. The molecule has 0 bridgehead atoms. The molecule has 3 heteroatoms. The summed E-state index contributed by atoms with van der Waals surface area (Å²) in [6, 6.07) is 9.98.